The van der Waals surface area contributed by atoms with Gasteiger partial charge in [-0.3, -0.25) is 0 Å². The molecule has 0 fully saturated rings. The van der Waals surface area contributed by atoms with E-state index in [4.69, 9.17) is 4.74 Å². The molecule has 0 N–H and O–H groups in total. The summed E-state index contributed by atoms with van der Waals surface area (Å²) in [6, 6.07) is 1.81. The van der Waals surface area contributed by atoms with Crippen molar-refractivity contribution in [3.63, 3.8) is 0 Å². The maximum atomic E-state index is 5.63. The van der Waals surface area contributed by atoms with Crippen molar-refractivity contribution in [3.05, 3.63) is 21.1 Å². The van der Waals surface area contributed by atoms with Crippen LogP contribution in [0.4, 0.5) is 0 Å². The summed E-state index contributed by atoms with van der Waals surface area (Å²) in [7, 11) is 0. The van der Waals surface area contributed by atoms with Crippen LogP contribution in [0.15, 0.2) is 15.3 Å². The summed E-state index contributed by atoms with van der Waals surface area (Å²) in [5.41, 5.74) is 0. The molecular weight excluding hydrogens is 324 g/mol. The Labute approximate surface area is 107 Å². The Morgan fingerprint density at radius 3 is 2.20 bits per heavy atom. The molecule has 1 heterocycles. The highest BCUT2D eigenvalue weighted by Gasteiger charge is 2.19. The van der Waals surface area contributed by atoms with Gasteiger partial charge in [0.2, 0.25) is 0 Å². The lowest BCUT2D eigenvalue weighted by Gasteiger charge is -2.19. The van der Waals surface area contributed by atoms with E-state index in [2.05, 4.69) is 55.7 Å². The summed E-state index contributed by atoms with van der Waals surface area (Å²) in [4.78, 5) is 8.65. The van der Waals surface area contributed by atoms with E-state index in [-0.39, 0.29) is 6.10 Å². The van der Waals surface area contributed by atoms with Gasteiger partial charge in [0.1, 0.15) is 15.3 Å². The minimum Gasteiger partial charge on any atom is -0.370 e. The van der Waals surface area contributed by atoms with Gasteiger partial charge < -0.3 is 4.74 Å². The fourth-order valence-corrected chi connectivity index (χ4v) is 2.38. The molecule has 5 heteroatoms. The molecule has 1 atom stereocenters. The van der Waals surface area contributed by atoms with Crippen LogP contribution in [0.3, 0.4) is 0 Å². The van der Waals surface area contributed by atoms with Crippen molar-refractivity contribution in [3.8, 4) is 0 Å². The van der Waals surface area contributed by atoms with Gasteiger partial charge in [-0.2, -0.15) is 0 Å². The summed E-state index contributed by atoms with van der Waals surface area (Å²) >= 11 is 6.69. The van der Waals surface area contributed by atoms with Crippen LogP contribution in [0.5, 0.6) is 0 Å². The van der Waals surface area contributed by atoms with Gasteiger partial charge in [-0.15, -0.1) is 0 Å². The Hall–Kier alpha value is -0.0000000000000000555. The quantitative estimate of drug-likeness (QED) is 0.785. The van der Waals surface area contributed by atoms with Gasteiger partial charge >= 0.3 is 0 Å². The number of rotatable bonds is 4. The molecule has 0 amide bonds. The second-order valence-electron chi connectivity index (χ2n) is 3.49. The summed E-state index contributed by atoms with van der Waals surface area (Å²) in [6.07, 6.45) is -0.0520. The van der Waals surface area contributed by atoms with Crippen molar-refractivity contribution in [2.45, 2.75) is 26.9 Å². The van der Waals surface area contributed by atoms with Crippen LogP contribution in [-0.4, -0.2) is 16.6 Å². The van der Waals surface area contributed by atoms with E-state index in [0.717, 1.165) is 9.21 Å². The van der Waals surface area contributed by atoms with Crippen LogP contribution >= 0.6 is 31.9 Å². The van der Waals surface area contributed by atoms with Gasteiger partial charge in [0, 0.05) is 12.7 Å². The second kappa shape index (κ2) is 5.92. The Kier molecular flexibility index (Phi) is 5.15. The van der Waals surface area contributed by atoms with E-state index in [1.165, 1.54) is 0 Å². The minimum atomic E-state index is -0.0520. The van der Waals surface area contributed by atoms with Gasteiger partial charge in [0.25, 0.3) is 0 Å². The predicted octanol–water partition coefficient (Wildman–Crippen LogP) is 3.74. The highest BCUT2D eigenvalue weighted by atomic mass is 79.9. The molecule has 1 aromatic rings. The SMILES string of the molecule is CCOC(c1nc(Br)cc(Br)n1)C(C)C. The van der Waals surface area contributed by atoms with Crippen molar-refractivity contribution in [2.75, 3.05) is 6.61 Å². The van der Waals surface area contributed by atoms with Crippen LogP contribution in [0.2, 0.25) is 0 Å². The molecule has 0 aliphatic heterocycles. The standard InChI is InChI=1S/C10H14Br2N2O/c1-4-15-9(6(2)3)10-13-7(11)5-8(12)14-10/h5-6,9H,4H2,1-3H3. The number of hydrogen-bond donors (Lipinski definition) is 0. The molecule has 0 aromatic carbocycles. The van der Waals surface area contributed by atoms with Crippen LogP contribution < -0.4 is 0 Å². The average molecular weight is 338 g/mol. The van der Waals surface area contributed by atoms with Crippen molar-refractivity contribution >= 4 is 31.9 Å². The van der Waals surface area contributed by atoms with Crippen LogP contribution in [-0.2, 0) is 4.74 Å². The minimum absolute atomic E-state index is 0.0520. The largest absolute Gasteiger partial charge is 0.370 e. The lowest BCUT2D eigenvalue weighted by molar-refractivity contribution is 0.0229. The Morgan fingerprint density at radius 2 is 1.80 bits per heavy atom. The molecule has 0 aliphatic carbocycles. The maximum absolute atomic E-state index is 5.63. The summed E-state index contributed by atoms with van der Waals surface area (Å²) in [5.74, 6) is 1.07. The fraction of sp³-hybridized carbons (Fsp3) is 0.600. The van der Waals surface area contributed by atoms with Crippen molar-refractivity contribution in [1.29, 1.82) is 0 Å². The topological polar surface area (TPSA) is 35.0 Å². The van der Waals surface area contributed by atoms with Gasteiger partial charge in [0.15, 0.2) is 5.82 Å². The molecular formula is C10H14Br2N2O. The summed E-state index contributed by atoms with van der Waals surface area (Å²) in [5, 5.41) is 0. The number of halogens is 2. The van der Waals surface area contributed by atoms with Crippen LogP contribution in [0, 0.1) is 5.92 Å². The number of ether oxygens (including phenoxy) is 1. The normalized spacial score (nSPS) is 13.2. The first-order valence-corrected chi connectivity index (χ1v) is 6.44. The Morgan fingerprint density at radius 1 is 1.27 bits per heavy atom. The zero-order valence-electron chi connectivity index (χ0n) is 9.00. The first kappa shape index (κ1) is 13.1. The summed E-state index contributed by atoms with van der Waals surface area (Å²) in [6.45, 7) is 6.83. The second-order valence-corrected chi connectivity index (χ2v) is 5.12. The predicted molar refractivity (Wildman–Crippen MR) is 66.6 cm³/mol. The molecule has 0 saturated carbocycles. The number of nitrogens with zero attached hydrogens (tertiary/aromatic N) is 2. The third-order valence-corrected chi connectivity index (χ3v) is 2.70. The highest BCUT2D eigenvalue weighted by Crippen LogP contribution is 2.25. The summed E-state index contributed by atoms with van der Waals surface area (Å²) < 4.78 is 7.17. The van der Waals surface area contributed by atoms with E-state index in [1.807, 2.05) is 13.0 Å². The zero-order valence-corrected chi connectivity index (χ0v) is 12.2. The molecule has 1 unspecified atom stereocenters. The molecule has 15 heavy (non-hydrogen) atoms. The molecule has 0 aliphatic rings. The molecule has 0 radical (unpaired) electrons. The highest BCUT2D eigenvalue weighted by molar-refractivity contribution is 9.11. The Bertz CT molecular complexity index is 311. The first-order valence-electron chi connectivity index (χ1n) is 4.86. The van der Waals surface area contributed by atoms with E-state index >= 15 is 0 Å². The molecule has 1 rings (SSSR count). The van der Waals surface area contributed by atoms with Gasteiger partial charge in [0.05, 0.1) is 0 Å². The molecule has 0 bridgehead atoms. The maximum Gasteiger partial charge on any atom is 0.159 e. The monoisotopic (exact) mass is 336 g/mol. The van der Waals surface area contributed by atoms with E-state index in [0.29, 0.717) is 18.3 Å². The van der Waals surface area contributed by atoms with E-state index in [1.54, 1.807) is 0 Å². The van der Waals surface area contributed by atoms with Crippen molar-refractivity contribution < 1.29 is 4.74 Å². The third-order valence-electron chi connectivity index (χ3n) is 1.89. The fourth-order valence-electron chi connectivity index (χ4n) is 1.28. The van der Waals surface area contributed by atoms with Crippen molar-refractivity contribution in [1.82, 2.24) is 9.97 Å². The Balaban J connectivity index is 2.99. The molecule has 0 saturated heterocycles. The lowest BCUT2D eigenvalue weighted by Crippen LogP contribution is -2.14. The van der Waals surface area contributed by atoms with E-state index < -0.39 is 0 Å². The molecule has 3 nitrogen and oxygen atoms in total. The van der Waals surface area contributed by atoms with Gasteiger partial charge in [-0.1, -0.05) is 13.8 Å². The number of aromatic nitrogens is 2. The van der Waals surface area contributed by atoms with Crippen LogP contribution in [0.1, 0.15) is 32.7 Å². The lowest BCUT2D eigenvalue weighted by atomic mass is 10.1. The van der Waals surface area contributed by atoms with Gasteiger partial charge in [-0.05, 0) is 44.7 Å². The molecule has 0 spiro atoms. The number of hydrogen-bond acceptors (Lipinski definition) is 3. The zero-order chi connectivity index (χ0) is 11.4. The van der Waals surface area contributed by atoms with E-state index in [9.17, 15) is 0 Å². The van der Waals surface area contributed by atoms with Gasteiger partial charge in [-0.25, -0.2) is 9.97 Å². The van der Waals surface area contributed by atoms with Crippen molar-refractivity contribution in [2.24, 2.45) is 5.92 Å². The average Bonchev–Trinajstić information content (AvgIpc) is 2.11. The van der Waals surface area contributed by atoms with Crippen LogP contribution in [0.25, 0.3) is 0 Å². The third kappa shape index (κ3) is 3.81. The smallest absolute Gasteiger partial charge is 0.159 e. The molecule has 84 valence electrons. The molecule has 1 aromatic heterocycles. The first-order chi connectivity index (χ1) is 7.04.